The third kappa shape index (κ3) is 2.46. The standard InChI is InChI=1S/C14H18N4O/c1-15-14-16-12-6-3-2-5-11(12)13(17-14)18-7-4-9-19-10-8-18/h2-3,5-6H,4,7-10H2,1H3,(H,15,16,17). The van der Waals surface area contributed by atoms with Gasteiger partial charge in [-0.15, -0.1) is 0 Å². The summed E-state index contributed by atoms with van der Waals surface area (Å²) in [4.78, 5) is 11.4. The summed E-state index contributed by atoms with van der Waals surface area (Å²) in [5.41, 5.74) is 0.974. The Balaban J connectivity index is 2.09. The Morgan fingerprint density at radius 1 is 1.16 bits per heavy atom. The fourth-order valence-electron chi connectivity index (χ4n) is 2.37. The molecule has 1 aromatic carbocycles. The molecule has 2 heterocycles. The molecule has 0 spiro atoms. The monoisotopic (exact) mass is 258 g/mol. The summed E-state index contributed by atoms with van der Waals surface area (Å²) in [7, 11) is 1.85. The van der Waals surface area contributed by atoms with Gasteiger partial charge < -0.3 is 15.0 Å². The Kier molecular flexibility index (Phi) is 3.46. The van der Waals surface area contributed by atoms with E-state index in [0.717, 1.165) is 49.4 Å². The van der Waals surface area contributed by atoms with Crippen molar-refractivity contribution in [3.8, 4) is 0 Å². The van der Waals surface area contributed by atoms with Crippen molar-refractivity contribution in [3.63, 3.8) is 0 Å². The quantitative estimate of drug-likeness (QED) is 0.891. The first-order chi connectivity index (χ1) is 9.38. The summed E-state index contributed by atoms with van der Waals surface area (Å²) in [6.07, 6.45) is 1.03. The summed E-state index contributed by atoms with van der Waals surface area (Å²) in [6, 6.07) is 8.14. The molecule has 0 atom stereocenters. The van der Waals surface area contributed by atoms with E-state index in [1.807, 2.05) is 25.2 Å². The number of aromatic nitrogens is 2. The molecule has 3 rings (SSSR count). The summed E-state index contributed by atoms with van der Waals surface area (Å²) >= 11 is 0. The van der Waals surface area contributed by atoms with Crippen LogP contribution in [-0.4, -0.2) is 43.3 Å². The predicted octanol–water partition coefficient (Wildman–Crippen LogP) is 1.90. The second kappa shape index (κ2) is 5.40. The fourth-order valence-corrected chi connectivity index (χ4v) is 2.37. The van der Waals surface area contributed by atoms with Crippen LogP contribution in [0.25, 0.3) is 10.9 Å². The number of nitrogens with zero attached hydrogens (tertiary/aromatic N) is 3. The molecule has 0 aliphatic carbocycles. The van der Waals surface area contributed by atoms with Crippen molar-refractivity contribution in [2.75, 3.05) is 43.6 Å². The topological polar surface area (TPSA) is 50.3 Å². The number of fused-ring (bicyclic) bond motifs is 1. The number of hydrogen-bond donors (Lipinski definition) is 1. The van der Waals surface area contributed by atoms with Crippen LogP contribution >= 0.6 is 0 Å². The first-order valence-corrected chi connectivity index (χ1v) is 6.66. The zero-order valence-corrected chi connectivity index (χ0v) is 11.1. The van der Waals surface area contributed by atoms with Gasteiger partial charge in [0.2, 0.25) is 5.95 Å². The number of para-hydroxylation sites is 1. The second-order valence-electron chi connectivity index (χ2n) is 4.59. The van der Waals surface area contributed by atoms with Crippen molar-refractivity contribution in [1.29, 1.82) is 0 Å². The molecule has 1 fully saturated rings. The summed E-state index contributed by atoms with van der Waals surface area (Å²) < 4.78 is 5.51. The maximum absolute atomic E-state index is 5.51. The lowest BCUT2D eigenvalue weighted by Gasteiger charge is -2.22. The molecular weight excluding hydrogens is 240 g/mol. The molecule has 0 bridgehead atoms. The predicted molar refractivity (Wildman–Crippen MR) is 76.7 cm³/mol. The van der Waals surface area contributed by atoms with E-state index in [4.69, 9.17) is 4.74 Å². The smallest absolute Gasteiger partial charge is 0.224 e. The molecule has 1 aliphatic rings. The summed E-state index contributed by atoms with van der Waals surface area (Å²) in [6.45, 7) is 3.44. The molecule has 2 aromatic rings. The number of nitrogens with one attached hydrogen (secondary N) is 1. The number of ether oxygens (including phenoxy) is 1. The van der Waals surface area contributed by atoms with Gasteiger partial charge in [0.15, 0.2) is 0 Å². The van der Waals surface area contributed by atoms with Crippen LogP contribution in [0.2, 0.25) is 0 Å². The minimum Gasteiger partial charge on any atom is -0.380 e. The molecule has 5 heteroatoms. The SMILES string of the molecule is CNc1nc(N2CCCOCC2)c2ccccc2n1. The Labute approximate surface area is 112 Å². The fraction of sp³-hybridized carbons (Fsp3) is 0.429. The van der Waals surface area contributed by atoms with Crippen molar-refractivity contribution in [2.45, 2.75) is 6.42 Å². The van der Waals surface area contributed by atoms with E-state index in [2.05, 4.69) is 26.3 Å². The van der Waals surface area contributed by atoms with Gasteiger partial charge in [0.25, 0.3) is 0 Å². The van der Waals surface area contributed by atoms with Gasteiger partial charge in [-0.05, 0) is 18.6 Å². The minimum atomic E-state index is 0.666. The molecule has 0 radical (unpaired) electrons. The largest absolute Gasteiger partial charge is 0.380 e. The van der Waals surface area contributed by atoms with Gasteiger partial charge in [0.05, 0.1) is 12.1 Å². The lowest BCUT2D eigenvalue weighted by atomic mass is 10.2. The molecule has 1 aliphatic heterocycles. The molecule has 1 N–H and O–H groups in total. The minimum absolute atomic E-state index is 0.666. The highest BCUT2D eigenvalue weighted by atomic mass is 16.5. The van der Waals surface area contributed by atoms with Crippen LogP contribution in [0.1, 0.15) is 6.42 Å². The molecule has 0 saturated carbocycles. The van der Waals surface area contributed by atoms with Crippen LogP contribution in [-0.2, 0) is 4.74 Å². The van der Waals surface area contributed by atoms with Crippen LogP contribution < -0.4 is 10.2 Å². The van der Waals surface area contributed by atoms with Gasteiger partial charge in [-0.3, -0.25) is 0 Å². The van der Waals surface area contributed by atoms with E-state index < -0.39 is 0 Å². The van der Waals surface area contributed by atoms with Gasteiger partial charge >= 0.3 is 0 Å². The molecule has 100 valence electrons. The molecule has 19 heavy (non-hydrogen) atoms. The second-order valence-corrected chi connectivity index (χ2v) is 4.59. The van der Waals surface area contributed by atoms with Gasteiger partial charge in [-0.25, -0.2) is 4.98 Å². The van der Waals surface area contributed by atoms with Crippen molar-refractivity contribution < 1.29 is 4.74 Å². The summed E-state index contributed by atoms with van der Waals surface area (Å²) in [5, 5.41) is 4.13. The zero-order valence-electron chi connectivity index (χ0n) is 11.1. The van der Waals surface area contributed by atoms with E-state index in [0.29, 0.717) is 5.95 Å². The maximum atomic E-state index is 5.51. The lowest BCUT2D eigenvalue weighted by molar-refractivity contribution is 0.152. The highest BCUT2D eigenvalue weighted by Gasteiger charge is 2.15. The molecule has 5 nitrogen and oxygen atoms in total. The van der Waals surface area contributed by atoms with E-state index >= 15 is 0 Å². The average Bonchev–Trinajstić information content (AvgIpc) is 2.75. The van der Waals surface area contributed by atoms with Crippen molar-refractivity contribution in [1.82, 2.24) is 9.97 Å². The molecule has 1 saturated heterocycles. The van der Waals surface area contributed by atoms with Crippen LogP contribution in [0.5, 0.6) is 0 Å². The van der Waals surface area contributed by atoms with Crippen LogP contribution in [0, 0.1) is 0 Å². The number of anilines is 2. The van der Waals surface area contributed by atoms with Crippen molar-refractivity contribution in [3.05, 3.63) is 24.3 Å². The maximum Gasteiger partial charge on any atom is 0.224 e. The summed E-state index contributed by atoms with van der Waals surface area (Å²) in [5.74, 6) is 1.67. The first kappa shape index (κ1) is 12.2. The molecule has 1 aromatic heterocycles. The third-order valence-electron chi connectivity index (χ3n) is 3.33. The average molecular weight is 258 g/mol. The third-order valence-corrected chi connectivity index (χ3v) is 3.33. The normalized spacial score (nSPS) is 16.4. The van der Waals surface area contributed by atoms with E-state index in [1.54, 1.807) is 0 Å². The molecular formula is C14H18N4O. The van der Waals surface area contributed by atoms with Gasteiger partial charge in [-0.2, -0.15) is 4.98 Å². The lowest BCUT2D eigenvalue weighted by Crippen LogP contribution is -2.27. The number of benzene rings is 1. The zero-order chi connectivity index (χ0) is 13.1. The van der Waals surface area contributed by atoms with E-state index in [-0.39, 0.29) is 0 Å². The Hall–Kier alpha value is -1.88. The Bertz CT molecular complexity index is 564. The van der Waals surface area contributed by atoms with Gasteiger partial charge in [0.1, 0.15) is 5.82 Å². The highest BCUT2D eigenvalue weighted by molar-refractivity contribution is 5.90. The van der Waals surface area contributed by atoms with Crippen LogP contribution in [0.15, 0.2) is 24.3 Å². The Morgan fingerprint density at radius 2 is 2.05 bits per heavy atom. The molecule has 0 unspecified atom stereocenters. The number of hydrogen-bond acceptors (Lipinski definition) is 5. The van der Waals surface area contributed by atoms with Crippen molar-refractivity contribution in [2.24, 2.45) is 0 Å². The van der Waals surface area contributed by atoms with Crippen LogP contribution in [0.3, 0.4) is 0 Å². The number of rotatable bonds is 2. The van der Waals surface area contributed by atoms with E-state index in [1.165, 1.54) is 0 Å². The van der Waals surface area contributed by atoms with Crippen LogP contribution in [0.4, 0.5) is 11.8 Å². The van der Waals surface area contributed by atoms with Crippen molar-refractivity contribution >= 4 is 22.7 Å². The first-order valence-electron chi connectivity index (χ1n) is 6.66. The Morgan fingerprint density at radius 3 is 2.95 bits per heavy atom. The van der Waals surface area contributed by atoms with Gasteiger partial charge in [-0.1, -0.05) is 12.1 Å². The van der Waals surface area contributed by atoms with Gasteiger partial charge in [0, 0.05) is 32.1 Å². The molecule has 0 amide bonds. The van der Waals surface area contributed by atoms with E-state index in [9.17, 15) is 0 Å². The highest BCUT2D eigenvalue weighted by Crippen LogP contribution is 2.25.